The van der Waals surface area contributed by atoms with Gasteiger partial charge in [-0.3, -0.25) is 0 Å². The number of hydrogen-bond acceptors (Lipinski definition) is 2. The first-order chi connectivity index (χ1) is 5.86. The second kappa shape index (κ2) is 4.37. The van der Waals surface area contributed by atoms with Crippen LogP contribution in [0.3, 0.4) is 0 Å². The lowest BCUT2D eigenvalue weighted by Crippen LogP contribution is -1.94. The first-order valence-corrected chi connectivity index (χ1v) is 3.72. The molecule has 0 aromatic heterocycles. The highest BCUT2D eigenvalue weighted by Gasteiger charge is 2.01. The van der Waals surface area contributed by atoms with Gasteiger partial charge in [0, 0.05) is 12.0 Å². The van der Waals surface area contributed by atoms with Crippen LogP contribution in [0.1, 0.15) is 6.42 Å². The van der Waals surface area contributed by atoms with Gasteiger partial charge in [-0.1, -0.05) is 12.7 Å². The zero-order chi connectivity index (χ0) is 8.81. The van der Waals surface area contributed by atoms with Crippen molar-refractivity contribution >= 4 is 5.94 Å². The summed E-state index contributed by atoms with van der Waals surface area (Å²) in [5.41, 5.74) is 0.654. The number of carbonyl (C=O) groups excluding carboxylic acids is 1. The minimum Gasteiger partial charge on any atom is -0.490 e. The van der Waals surface area contributed by atoms with E-state index in [1.165, 1.54) is 0 Å². The van der Waals surface area contributed by atoms with Crippen LogP contribution >= 0.6 is 0 Å². The van der Waals surface area contributed by atoms with Crippen LogP contribution in [0.4, 0.5) is 0 Å². The van der Waals surface area contributed by atoms with E-state index in [0.29, 0.717) is 18.6 Å². The van der Waals surface area contributed by atoms with Gasteiger partial charge in [0.1, 0.15) is 18.3 Å². The number of rotatable bonds is 3. The molecule has 0 saturated carbocycles. The zero-order valence-corrected chi connectivity index (χ0v) is 6.75. The van der Waals surface area contributed by atoms with Crippen LogP contribution in [0.15, 0.2) is 42.2 Å². The maximum absolute atomic E-state index is 10.2. The van der Waals surface area contributed by atoms with Crippen LogP contribution in [0.25, 0.3) is 0 Å². The fourth-order valence-electron chi connectivity index (χ4n) is 0.867. The Morgan fingerprint density at radius 1 is 1.67 bits per heavy atom. The minimum absolute atomic E-state index is 0.496. The molecule has 12 heavy (non-hydrogen) atoms. The summed E-state index contributed by atoms with van der Waals surface area (Å²) in [6.07, 6.45) is 7.61. The molecule has 0 aliphatic heterocycles. The van der Waals surface area contributed by atoms with Gasteiger partial charge in [-0.25, -0.2) is 4.79 Å². The predicted octanol–water partition coefficient (Wildman–Crippen LogP) is 1.79. The summed E-state index contributed by atoms with van der Waals surface area (Å²) in [7, 11) is 0. The summed E-state index contributed by atoms with van der Waals surface area (Å²) in [4.78, 5) is 10.2. The SMILES string of the molecule is C=CCOC1=CCC(=C=O)C=C1. The Morgan fingerprint density at radius 2 is 2.50 bits per heavy atom. The van der Waals surface area contributed by atoms with E-state index in [-0.39, 0.29) is 0 Å². The van der Waals surface area contributed by atoms with E-state index < -0.39 is 0 Å². The van der Waals surface area contributed by atoms with E-state index in [0.717, 1.165) is 5.76 Å². The molecule has 1 rings (SSSR count). The third-order valence-electron chi connectivity index (χ3n) is 1.47. The van der Waals surface area contributed by atoms with E-state index >= 15 is 0 Å². The Balaban J connectivity index is 2.52. The van der Waals surface area contributed by atoms with Crippen molar-refractivity contribution in [3.05, 3.63) is 42.2 Å². The molecule has 1 aliphatic rings. The van der Waals surface area contributed by atoms with Crippen LogP contribution in [0.2, 0.25) is 0 Å². The fraction of sp³-hybridized carbons (Fsp3) is 0.200. The summed E-state index contributed by atoms with van der Waals surface area (Å²) in [6.45, 7) is 4.03. The van der Waals surface area contributed by atoms with Gasteiger partial charge in [-0.15, -0.1) is 0 Å². The predicted molar refractivity (Wildman–Crippen MR) is 47.2 cm³/mol. The van der Waals surface area contributed by atoms with Crippen LogP contribution in [-0.4, -0.2) is 12.5 Å². The van der Waals surface area contributed by atoms with Crippen molar-refractivity contribution in [1.82, 2.24) is 0 Å². The third-order valence-corrected chi connectivity index (χ3v) is 1.47. The fourth-order valence-corrected chi connectivity index (χ4v) is 0.867. The summed E-state index contributed by atoms with van der Waals surface area (Å²) in [5, 5.41) is 0. The van der Waals surface area contributed by atoms with E-state index in [1.807, 2.05) is 12.0 Å². The van der Waals surface area contributed by atoms with E-state index in [4.69, 9.17) is 4.74 Å². The molecule has 0 aromatic carbocycles. The lowest BCUT2D eigenvalue weighted by molar-refractivity contribution is 0.260. The van der Waals surface area contributed by atoms with Crippen molar-refractivity contribution in [2.24, 2.45) is 0 Å². The van der Waals surface area contributed by atoms with Crippen LogP contribution < -0.4 is 0 Å². The van der Waals surface area contributed by atoms with Crippen LogP contribution in [0, 0.1) is 0 Å². The van der Waals surface area contributed by atoms with Crippen molar-refractivity contribution in [3.8, 4) is 0 Å². The Bertz CT molecular complexity index is 278. The molecule has 62 valence electrons. The molecule has 0 heterocycles. The number of hydrogen-bond donors (Lipinski definition) is 0. The maximum atomic E-state index is 10.2. The summed E-state index contributed by atoms with van der Waals surface area (Å²) >= 11 is 0. The van der Waals surface area contributed by atoms with Crippen LogP contribution in [-0.2, 0) is 9.53 Å². The Morgan fingerprint density at radius 3 is 3.00 bits per heavy atom. The second-order valence-corrected chi connectivity index (χ2v) is 2.37. The minimum atomic E-state index is 0.496. The number of allylic oxidation sites excluding steroid dienone is 4. The molecule has 0 amide bonds. The maximum Gasteiger partial charge on any atom is 0.128 e. The Labute approximate surface area is 71.5 Å². The van der Waals surface area contributed by atoms with Crippen molar-refractivity contribution < 1.29 is 9.53 Å². The summed E-state index contributed by atoms with van der Waals surface area (Å²) < 4.78 is 5.24. The topological polar surface area (TPSA) is 26.3 Å². The van der Waals surface area contributed by atoms with Gasteiger partial charge >= 0.3 is 0 Å². The monoisotopic (exact) mass is 162 g/mol. The highest BCUT2D eigenvalue weighted by atomic mass is 16.5. The Kier molecular flexibility index (Phi) is 3.12. The molecule has 0 N–H and O–H groups in total. The van der Waals surface area contributed by atoms with E-state index in [9.17, 15) is 4.79 Å². The molecule has 2 heteroatoms. The first-order valence-electron chi connectivity index (χ1n) is 3.72. The van der Waals surface area contributed by atoms with Crippen molar-refractivity contribution in [2.75, 3.05) is 6.61 Å². The highest BCUT2D eigenvalue weighted by molar-refractivity contribution is 5.59. The van der Waals surface area contributed by atoms with Gasteiger partial charge in [0.2, 0.25) is 0 Å². The van der Waals surface area contributed by atoms with Gasteiger partial charge in [0.05, 0.1) is 0 Å². The molecule has 0 radical (unpaired) electrons. The zero-order valence-electron chi connectivity index (χ0n) is 6.75. The quantitative estimate of drug-likeness (QED) is 0.467. The smallest absolute Gasteiger partial charge is 0.128 e. The summed E-state index contributed by atoms with van der Waals surface area (Å²) in [5.74, 6) is 2.63. The molecule has 0 saturated heterocycles. The van der Waals surface area contributed by atoms with Gasteiger partial charge in [-0.05, 0) is 18.2 Å². The molecular formula is C10H10O2. The molecular weight excluding hydrogens is 152 g/mol. The molecule has 1 aliphatic carbocycles. The standard InChI is InChI=1S/C10H10O2/c1-2-7-12-10-5-3-9(8-11)4-6-10/h2-3,5-6H,1,4,7H2. The average molecular weight is 162 g/mol. The highest BCUT2D eigenvalue weighted by Crippen LogP contribution is 2.13. The second-order valence-electron chi connectivity index (χ2n) is 2.37. The first kappa shape index (κ1) is 8.57. The van der Waals surface area contributed by atoms with Crippen molar-refractivity contribution in [3.63, 3.8) is 0 Å². The van der Waals surface area contributed by atoms with Crippen molar-refractivity contribution in [2.45, 2.75) is 6.42 Å². The Hall–Kier alpha value is -1.53. The van der Waals surface area contributed by atoms with Gasteiger partial charge in [0.25, 0.3) is 0 Å². The molecule has 0 aromatic rings. The van der Waals surface area contributed by atoms with Crippen LogP contribution in [0.5, 0.6) is 0 Å². The van der Waals surface area contributed by atoms with Gasteiger partial charge < -0.3 is 4.74 Å². The lowest BCUT2D eigenvalue weighted by Gasteiger charge is -2.07. The normalized spacial score (nSPS) is 15.0. The molecule has 0 fully saturated rings. The molecule has 0 spiro atoms. The molecule has 0 unspecified atom stereocenters. The average Bonchev–Trinajstić information content (AvgIpc) is 2.15. The molecule has 2 nitrogen and oxygen atoms in total. The van der Waals surface area contributed by atoms with E-state index in [1.54, 1.807) is 18.2 Å². The summed E-state index contributed by atoms with van der Waals surface area (Å²) in [6, 6.07) is 0. The van der Waals surface area contributed by atoms with E-state index in [2.05, 4.69) is 6.58 Å². The third kappa shape index (κ3) is 2.26. The molecule has 0 atom stereocenters. The lowest BCUT2D eigenvalue weighted by atomic mass is 10.1. The number of ether oxygens (including phenoxy) is 1. The molecule has 0 bridgehead atoms. The largest absolute Gasteiger partial charge is 0.490 e. The van der Waals surface area contributed by atoms with Gasteiger partial charge in [0.15, 0.2) is 0 Å². The van der Waals surface area contributed by atoms with Crippen molar-refractivity contribution in [1.29, 1.82) is 0 Å². The van der Waals surface area contributed by atoms with Gasteiger partial charge in [-0.2, -0.15) is 0 Å².